The molecule has 2 aromatic carbocycles. The fourth-order valence-electron chi connectivity index (χ4n) is 2.10. The fourth-order valence-corrected chi connectivity index (χ4v) is 2.61. The quantitative estimate of drug-likeness (QED) is 0.463. The summed E-state index contributed by atoms with van der Waals surface area (Å²) >= 11 is 0. The van der Waals surface area contributed by atoms with Crippen LogP contribution >= 0.6 is 0 Å². The number of rotatable bonds is 2. The van der Waals surface area contributed by atoms with Crippen molar-refractivity contribution in [3.8, 4) is 11.1 Å². The molecule has 22 heavy (non-hydrogen) atoms. The maximum Gasteiger partial charge on any atom is 1.00 e. The Hall–Kier alpha value is -1.44. The van der Waals surface area contributed by atoms with Crippen molar-refractivity contribution in [2.45, 2.75) is 4.90 Å². The average Bonchev–Trinajstić information content (AvgIpc) is 2.47. The number of para-hydroxylation sites is 1. The van der Waals surface area contributed by atoms with Gasteiger partial charge in [-0.05, 0) is 29.8 Å². The Morgan fingerprint density at radius 3 is 2.45 bits per heavy atom. The third-order valence-electron chi connectivity index (χ3n) is 3.11. The van der Waals surface area contributed by atoms with Crippen molar-refractivity contribution in [2.75, 3.05) is 0 Å². The van der Waals surface area contributed by atoms with Crippen LogP contribution in [0.25, 0.3) is 22.1 Å². The van der Waals surface area contributed by atoms with Crippen LogP contribution < -0.4 is 35.0 Å². The molecule has 0 saturated carbocycles. The van der Waals surface area contributed by atoms with Gasteiger partial charge in [0, 0.05) is 0 Å². The summed E-state index contributed by atoms with van der Waals surface area (Å²) in [7, 11) is -4.57. The smallest absolute Gasteiger partial charge is 0.744 e. The van der Waals surface area contributed by atoms with E-state index in [0.717, 1.165) is 0 Å². The molecule has 3 aromatic rings. The molecule has 0 fully saturated rings. The molecule has 3 rings (SSSR count). The van der Waals surface area contributed by atoms with Gasteiger partial charge in [-0.3, -0.25) is 4.79 Å². The fraction of sp³-hybridized carbons (Fsp3) is 0. The Bertz CT molecular complexity index is 992. The maximum absolute atomic E-state index is 12.4. The van der Waals surface area contributed by atoms with E-state index < -0.39 is 10.1 Å². The number of hydrogen-bond acceptors (Lipinski definition) is 5. The first-order valence-electron chi connectivity index (χ1n) is 6.04. The van der Waals surface area contributed by atoms with Crippen molar-refractivity contribution in [2.24, 2.45) is 0 Å². The summed E-state index contributed by atoms with van der Waals surface area (Å²) in [6.07, 6.45) is 1.27. The van der Waals surface area contributed by atoms with Gasteiger partial charge in [-0.2, -0.15) is 0 Å². The summed E-state index contributed by atoms with van der Waals surface area (Å²) in [6.45, 7) is 0. The van der Waals surface area contributed by atoms with E-state index >= 15 is 0 Å². The van der Waals surface area contributed by atoms with Crippen LogP contribution in [0.4, 0.5) is 0 Å². The van der Waals surface area contributed by atoms with Crippen molar-refractivity contribution in [3.05, 3.63) is 65.0 Å². The Morgan fingerprint density at radius 1 is 1.00 bits per heavy atom. The molecule has 0 unspecified atom stereocenters. The second-order valence-electron chi connectivity index (χ2n) is 4.46. The Balaban J connectivity index is 0.00000176. The molecule has 0 atom stereocenters. The average molecular weight is 324 g/mol. The molecule has 0 amide bonds. The minimum Gasteiger partial charge on any atom is -0.744 e. The van der Waals surface area contributed by atoms with Crippen LogP contribution in [0.5, 0.6) is 0 Å². The molecule has 0 aliphatic heterocycles. The van der Waals surface area contributed by atoms with Gasteiger partial charge in [0.2, 0.25) is 0 Å². The summed E-state index contributed by atoms with van der Waals surface area (Å²) in [6, 6.07) is 12.1. The number of hydrogen-bond donors (Lipinski definition) is 0. The van der Waals surface area contributed by atoms with E-state index in [9.17, 15) is 17.8 Å². The van der Waals surface area contributed by atoms with E-state index in [1.54, 1.807) is 30.3 Å². The van der Waals surface area contributed by atoms with Crippen molar-refractivity contribution in [1.29, 1.82) is 0 Å². The first kappa shape index (κ1) is 16.9. The van der Waals surface area contributed by atoms with Gasteiger partial charge in [0.1, 0.15) is 22.0 Å². The van der Waals surface area contributed by atoms with Gasteiger partial charge in [-0.1, -0.05) is 24.3 Å². The Labute approximate surface area is 148 Å². The summed E-state index contributed by atoms with van der Waals surface area (Å²) in [5.74, 6) is 0. The maximum atomic E-state index is 12.4. The van der Waals surface area contributed by atoms with Gasteiger partial charge in [-0.15, -0.1) is 0 Å². The SMILES string of the molecule is O=c1c(-c2cccc(S(=O)(=O)[O-])c2)coc2ccccc12.[Na+]. The molecular weight excluding hydrogens is 315 g/mol. The third-order valence-corrected chi connectivity index (χ3v) is 3.95. The largest absolute Gasteiger partial charge is 1.00 e. The van der Waals surface area contributed by atoms with Gasteiger partial charge in [0.25, 0.3) is 0 Å². The molecule has 0 saturated heterocycles. The molecule has 7 heteroatoms. The van der Waals surface area contributed by atoms with E-state index in [4.69, 9.17) is 4.42 Å². The van der Waals surface area contributed by atoms with Crippen molar-refractivity contribution in [1.82, 2.24) is 0 Å². The third kappa shape index (κ3) is 3.16. The molecule has 5 nitrogen and oxygen atoms in total. The normalized spacial score (nSPS) is 11.1. The van der Waals surface area contributed by atoms with Crippen LogP contribution in [0, 0.1) is 0 Å². The Morgan fingerprint density at radius 2 is 1.73 bits per heavy atom. The topological polar surface area (TPSA) is 87.4 Å². The van der Waals surface area contributed by atoms with Crippen LogP contribution in [0.15, 0.2) is 68.9 Å². The van der Waals surface area contributed by atoms with E-state index in [2.05, 4.69) is 0 Å². The van der Waals surface area contributed by atoms with Gasteiger partial charge >= 0.3 is 29.6 Å². The van der Waals surface area contributed by atoms with Gasteiger partial charge in [-0.25, -0.2) is 8.42 Å². The first-order chi connectivity index (χ1) is 9.97. The van der Waals surface area contributed by atoms with E-state index in [1.807, 2.05) is 0 Å². The van der Waals surface area contributed by atoms with Gasteiger partial charge in [0.05, 0.1) is 15.8 Å². The monoisotopic (exact) mass is 324 g/mol. The van der Waals surface area contributed by atoms with Crippen LogP contribution in [0.1, 0.15) is 0 Å². The number of benzene rings is 2. The molecule has 0 aliphatic carbocycles. The molecule has 0 aliphatic rings. The molecule has 1 aromatic heterocycles. The minimum absolute atomic E-state index is 0. The van der Waals surface area contributed by atoms with Crippen LogP contribution in [-0.4, -0.2) is 13.0 Å². The summed E-state index contributed by atoms with van der Waals surface area (Å²) < 4.78 is 38.5. The van der Waals surface area contributed by atoms with Crippen molar-refractivity contribution in [3.63, 3.8) is 0 Å². The van der Waals surface area contributed by atoms with Crippen LogP contribution in [0.3, 0.4) is 0 Å². The molecule has 0 spiro atoms. The van der Waals surface area contributed by atoms with Crippen molar-refractivity contribution >= 4 is 21.1 Å². The minimum atomic E-state index is -4.57. The number of fused-ring (bicyclic) bond motifs is 1. The summed E-state index contributed by atoms with van der Waals surface area (Å²) in [4.78, 5) is 12.0. The van der Waals surface area contributed by atoms with Gasteiger partial charge < -0.3 is 8.97 Å². The summed E-state index contributed by atoms with van der Waals surface area (Å²) in [5, 5.41) is 0.394. The molecule has 0 radical (unpaired) electrons. The van der Waals surface area contributed by atoms with E-state index in [-0.39, 0.29) is 45.4 Å². The molecule has 1 heterocycles. The standard InChI is InChI=1S/C15H10O5S.Na/c16-15-12-6-1-2-7-14(12)20-9-13(15)10-4-3-5-11(8-10)21(17,18)19;/h1-9H,(H,17,18,19);/q;+1/p-1. The Kier molecular flexibility index (Phi) is 4.89. The van der Waals surface area contributed by atoms with Crippen LogP contribution in [-0.2, 0) is 10.1 Å². The van der Waals surface area contributed by atoms with Gasteiger partial charge in [0.15, 0.2) is 5.43 Å². The van der Waals surface area contributed by atoms with Crippen LogP contribution in [0.2, 0.25) is 0 Å². The zero-order valence-electron chi connectivity index (χ0n) is 11.6. The molecule has 0 bridgehead atoms. The predicted octanol–water partition coefficient (Wildman–Crippen LogP) is -0.632. The van der Waals surface area contributed by atoms with E-state index in [1.165, 1.54) is 24.5 Å². The molecule has 106 valence electrons. The second-order valence-corrected chi connectivity index (χ2v) is 5.84. The second kappa shape index (κ2) is 6.36. The van der Waals surface area contributed by atoms with E-state index in [0.29, 0.717) is 16.5 Å². The zero-order valence-corrected chi connectivity index (χ0v) is 14.5. The summed E-state index contributed by atoms with van der Waals surface area (Å²) in [5.41, 5.74) is 0.696. The zero-order chi connectivity index (χ0) is 15.0. The first-order valence-corrected chi connectivity index (χ1v) is 7.44. The molecule has 0 N–H and O–H groups in total. The molecular formula is C15H9NaO5S. The van der Waals surface area contributed by atoms with Crippen molar-refractivity contribution < 1.29 is 46.9 Å². The predicted molar refractivity (Wildman–Crippen MR) is 75.9 cm³/mol.